The first-order valence-corrected chi connectivity index (χ1v) is 6.92. The summed E-state index contributed by atoms with van der Waals surface area (Å²) in [5, 5.41) is 3.50. The zero-order valence-corrected chi connectivity index (χ0v) is 11.7. The van der Waals surface area contributed by atoms with Gasteiger partial charge < -0.3 is 10.2 Å². The maximum atomic E-state index is 13.2. The van der Waals surface area contributed by atoms with Gasteiger partial charge in [-0.25, -0.2) is 4.39 Å². The Morgan fingerprint density at radius 3 is 2.50 bits per heavy atom. The maximum Gasteiger partial charge on any atom is 0.123 e. The summed E-state index contributed by atoms with van der Waals surface area (Å²) in [7, 11) is 0. The second-order valence-corrected chi connectivity index (χ2v) is 4.50. The molecule has 1 aromatic carbocycles. The second kappa shape index (κ2) is 8.22. The van der Waals surface area contributed by atoms with Gasteiger partial charge in [-0.3, -0.25) is 0 Å². The van der Waals surface area contributed by atoms with Gasteiger partial charge in [-0.15, -0.1) is 0 Å². The molecule has 1 N–H and O–H groups in total. The quantitative estimate of drug-likeness (QED) is 0.764. The monoisotopic (exact) mass is 252 g/mol. The van der Waals surface area contributed by atoms with Gasteiger partial charge in [-0.2, -0.15) is 0 Å². The van der Waals surface area contributed by atoms with Crippen LogP contribution < -0.4 is 5.32 Å². The van der Waals surface area contributed by atoms with Crippen molar-refractivity contribution in [1.29, 1.82) is 0 Å². The molecule has 0 bridgehead atoms. The molecule has 0 fully saturated rings. The van der Waals surface area contributed by atoms with Crippen molar-refractivity contribution in [2.24, 2.45) is 0 Å². The summed E-state index contributed by atoms with van der Waals surface area (Å²) in [6.45, 7) is 10.6. The van der Waals surface area contributed by atoms with Crippen molar-refractivity contribution in [3.63, 3.8) is 0 Å². The molecule has 102 valence electrons. The van der Waals surface area contributed by atoms with Crippen LogP contribution in [0.15, 0.2) is 24.3 Å². The van der Waals surface area contributed by atoms with Crippen LogP contribution in [0.5, 0.6) is 0 Å². The summed E-state index contributed by atoms with van der Waals surface area (Å²) in [6, 6.07) is 7.13. The molecule has 18 heavy (non-hydrogen) atoms. The summed E-state index contributed by atoms with van der Waals surface area (Å²) in [5.41, 5.74) is 1.04. The predicted molar refractivity (Wildman–Crippen MR) is 75.2 cm³/mol. The van der Waals surface area contributed by atoms with Crippen LogP contribution in [0.2, 0.25) is 0 Å². The van der Waals surface area contributed by atoms with E-state index >= 15 is 0 Å². The van der Waals surface area contributed by atoms with Crippen molar-refractivity contribution in [3.05, 3.63) is 35.6 Å². The number of benzene rings is 1. The van der Waals surface area contributed by atoms with E-state index in [1.54, 1.807) is 12.1 Å². The number of nitrogens with zero attached hydrogens (tertiary/aromatic N) is 1. The highest BCUT2D eigenvalue weighted by Gasteiger charge is 2.09. The first kappa shape index (κ1) is 15.1. The number of halogens is 1. The third-order valence-electron chi connectivity index (χ3n) is 3.37. The molecule has 0 radical (unpaired) electrons. The molecule has 0 aromatic heterocycles. The molecule has 3 heteroatoms. The Hall–Kier alpha value is -0.930. The molecule has 1 aromatic rings. The van der Waals surface area contributed by atoms with E-state index in [0.717, 1.165) is 38.2 Å². The lowest BCUT2D eigenvalue weighted by molar-refractivity contribution is 0.295. The van der Waals surface area contributed by atoms with Crippen LogP contribution in [-0.4, -0.2) is 31.1 Å². The first-order valence-electron chi connectivity index (χ1n) is 6.92. The largest absolute Gasteiger partial charge is 0.309 e. The van der Waals surface area contributed by atoms with Crippen LogP contribution in [-0.2, 0) is 0 Å². The van der Waals surface area contributed by atoms with Gasteiger partial charge in [0.1, 0.15) is 5.82 Å². The minimum atomic E-state index is -0.156. The summed E-state index contributed by atoms with van der Waals surface area (Å²) in [5.74, 6) is -0.156. The molecule has 1 atom stereocenters. The van der Waals surface area contributed by atoms with Crippen LogP contribution in [0.25, 0.3) is 0 Å². The molecule has 2 nitrogen and oxygen atoms in total. The fourth-order valence-electron chi connectivity index (χ4n) is 2.16. The van der Waals surface area contributed by atoms with Gasteiger partial charge in [0.15, 0.2) is 0 Å². The van der Waals surface area contributed by atoms with Crippen molar-refractivity contribution in [2.75, 3.05) is 26.2 Å². The van der Waals surface area contributed by atoms with Crippen molar-refractivity contribution < 1.29 is 4.39 Å². The molecular formula is C15H25FN2. The molecule has 0 aliphatic heterocycles. The number of likely N-dealkylation sites (N-methyl/N-ethyl adjacent to an activating group) is 1. The average Bonchev–Trinajstić information content (AvgIpc) is 2.39. The molecule has 0 aliphatic rings. The lowest BCUT2D eigenvalue weighted by atomic mass is 10.0. The van der Waals surface area contributed by atoms with Gasteiger partial charge in [0.2, 0.25) is 0 Å². The first-order chi connectivity index (χ1) is 8.71. The van der Waals surface area contributed by atoms with E-state index in [1.807, 2.05) is 6.07 Å². The number of hydrogen-bond acceptors (Lipinski definition) is 2. The Morgan fingerprint density at radius 1 is 1.22 bits per heavy atom. The maximum absolute atomic E-state index is 13.2. The van der Waals surface area contributed by atoms with Gasteiger partial charge in [0, 0.05) is 19.1 Å². The van der Waals surface area contributed by atoms with Gasteiger partial charge in [0.25, 0.3) is 0 Å². The highest BCUT2D eigenvalue weighted by molar-refractivity contribution is 5.19. The van der Waals surface area contributed by atoms with Crippen LogP contribution in [0.4, 0.5) is 4.39 Å². The fourth-order valence-corrected chi connectivity index (χ4v) is 2.16. The minimum Gasteiger partial charge on any atom is -0.309 e. The lowest BCUT2D eigenvalue weighted by Crippen LogP contribution is -2.33. The normalized spacial score (nSPS) is 12.9. The Morgan fingerprint density at radius 2 is 1.94 bits per heavy atom. The summed E-state index contributed by atoms with van der Waals surface area (Å²) in [6.07, 6.45) is 0.974. The highest BCUT2D eigenvalue weighted by Crippen LogP contribution is 2.17. The molecular weight excluding hydrogens is 227 g/mol. The number of rotatable bonds is 8. The Kier molecular flexibility index (Phi) is 6.91. The standard InChI is InChI=1S/C15H25FN2/c1-4-15(13-8-7-9-14(16)12-13)17-10-11-18(5-2)6-3/h7-9,12,15,17H,4-6,10-11H2,1-3H3. The molecule has 0 amide bonds. The summed E-state index contributed by atoms with van der Waals surface area (Å²) < 4.78 is 13.2. The molecule has 0 spiro atoms. The topological polar surface area (TPSA) is 15.3 Å². The van der Waals surface area contributed by atoms with Crippen molar-refractivity contribution in [1.82, 2.24) is 10.2 Å². The second-order valence-electron chi connectivity index (χ2n) is 4.50. The molecule has 0 heterocycles. The van der Waals surface area contributed by atoms with Crippen molar-refractivity contribution in [2.45, 2.75) is 33.2 Å². The number of nitrogens with one attached hydrogen (secondary N) is 1. The summed E-state index contributed by atoms with van der Waals surface area (Å²) >= 11 is 0. The van der Waals surface area contributed by atoms with E-state index in [2.05, 4.69) is 31.0 Å². The molecule has 1 unspecified atom stereocenters. The van der Waals surface area contributed by atoms with Crippen molar-refractivity contribution in [3.8, 4) is 0 Å². The van der Waals surface area contributed by atoms with Crippen LogP contribution >= 0.6 is 0 Å². The SMILES string of the molecule is CCC(NCCN(CC)CC)c1cccc(F)c1. The van der Waals surface area contributed by atoms with Crippen LogP contribution in [0, 0.1) is 5.82 Å². The fraction of sp³-hybridized carbons (Fsp3) is 0.600. The third kappa shape index (κ3) is 4.75. The lowest BCUT2D eigenvalue weighted by Gasteiger charge is -2.22. The smallest absolute Gasteiger partial charge is 0.123 e. The van der Waals surface area contributed by atoms with E-state index in [-0.39, 0.29) is 11.9 Å². The van der Waals surface area contributed by atoms with Gasteiger partial charge in [-0.1, -0.05) is 32.9 Å². The number of hydrogen-bond donors (Lipinski definition) is 1. The van der Waals surface area contributed by atoms with Crippen molar-refractivity contribution >= 4 is 0 Å². The predicted octanol–water partition coefficient (Wildman–Crippen LogP) is 3.21. The van der Waals surface area contributed by atoms with Gasteiger partial charge >= 0.3 is 0 Å². The Balaban J connectivity index is 2.47. The molecule has 1 rings (SSSR count). The van der Waals surface area contributed by atoms with E-state index in [0.29, 0.717) is 0 Å². The van der Waals surface area contributed by atoms with Crippen LogP contribution in [0.1, 0.15) is 38.8 Å². The molecule has 0 saturated carbocycles. The average molecular weight is 252 g/mol. The third-order valence-corrected chi connectivity index (χ3v) is 3.37. The van der Waals surface area contributed by atoms with E-state index < -0.39 is 0 Å². The Labute approximate surface area is 110 Å². The van der Waals surface area contributed by atoms with Gasteiger partial charge in [0.05, 0.1) is 0 Å². The van der Waals surface area contributed by atoms with Crippen LogP contribution in [0.3, 0.4) is 0 Å². The molecule has 0 aliphatic carbocycles. The Bertz CT molecular complexity index is 337. The van der Waals surface area contributed by atoms with E-state index in [4.69, 9.17) is 0 Å². The zero-order chi connectivity index (χ0) is 13.4. The highest BCUT2D eigenvalue weighted by atomic mass is 19.1. The van der Waals surface area contributed by atoms with E-state index in [9.17, 15) is 4.39 Å². The van der Waals surface area contributed by atoms with E-state index in [1.165, 1.54) is 6.07 Å². The molecule has 0 saturated heterocycles. The van der Waals surface area contributed by atoms with Gasteiger partial charge in [-0.05, 0) is 37.2 Å². The zero-order valence-electron chi connectivity index (χ0n) is 11.7. The summed E-state index contributed by atoms with van der Waals surface area (Å²) in [4.78, 5) is 2.38. The minimum absolute atomic E-state index is 0.156.